The van der Waals surface area contributed by atoms with E-state index in [2.05, 4.69) is 31.2 Å². The average molecular weight is 561 g/mol. The summed E-state index contributed by atoms with van der Waals surface area (Å²) >= 11 is 1.41. The quantitative estimate of drug-likeness (QED) is 0.365. The Balaban J connectivity index is 1.25. The van der Waals surface area contributed by atoms with Gasteiger partial charge in [0.15, 0.2) is 0 Å². The maximum Gasteiger partial charge on any atom is 0.254 e. The smallest absolute Gasteiger partial charge is 0.254 e. The summed E-state index contributed by atoms with van der Waals surface area (Å²) in [5, 5.41) is 22.0. The molecule has 208 valence electrons. The fourth-order valence-electron chi connectivity index (χ4n) is 5.19. The monoisotopic (exact) mass is 560 g/mol. The number of thiophene rings is 1. The highest BCUT2D eigenvalue weighted by molar-refractivity contribution is 7.17. The molecule has 3 heterocycles. The van der Waals surface area contributed by atoms with Crippen LogP contribution in [-0.4, -0.2) is 55.9 Å². The number of anilines is 3. The molecule has 0 spiro atoms. The van der Waals surface area contributed by atoms with E-state index in [1.807, 2.05) is 11.5 Å². The van der Waals surface area contributed by atoms with E-state index in [1.54, 1.807) is 31.2 Å². The number of ether oxygens (including phenoxy) is 1. The van der Waals surface area contributed by atoms with E-state index in [0.717, 1.165) is 23.3 Å². The second-order valence-corrected chi connectivity index (χ2v) is 11.8. The van der Waals surface area contributed by atoms with Gasteiger partial charge < -0.3 is 20.7 Å². The third kappa shape index (κ3) is 4.97. The number of amides is 2. The van der Waals surface area contributed by atoms with Crippen LogP contribution in [0.1, 0.15) is 53.0 Å². The number of nitrogens with zero attached hydrogens (tertiary/aromatic N) is 5. The summed E-state index contributed by atoms with van der Waals surface area (Å²) < 4.78 is 35.7. The van der Waals surface area contributed by atoms with Gasteiger partial charge in [-0.1, -0.05) is 6.92 Å². The zero-order valence-corrected chi connectivity index (χ0v) is 22.6. The van der Waals surface area contributed by atoms with Crippen LogP contribution in [0.25, 0.3) is 0 Å². The first-order valence-electron chi connectivity index (χ1n) is 13.0. The number of carbonyl (C=O) groups excluding carboxylic acids is 2. The summed E-state index contributed by atoms with van der Waals surface area (Å²) in [5.74, 6) is -2.19. The SMILES string of the molecule is COc1cc(Nc2nncn2[C@H]2CCc3sc(NC(=O)[C@H]4C[C@@H]4C)c(C(=O)NC[C@@H]4CC4(F)F)c3C2)n(C)n1. The van der Waals surface area contributed by atoms with Crippen LogP contribution in [0.15, 0.2) is 12.4 Å². The molecule has 4 atom stereocenters. The van der Waals surface area contributed by atoms with Crippen molar-refractivity contribution < 1.29 is 23.1 Å². The number of aromatic nitrogens is 5. The molecule has 2 fully saturated rings. The number of carbonyl (C=O) groups is 2. The molecule has 3 aliphatic carbocycles. The van der Waals surface area contributed by atoms with Gasteiger partial charge in [0.1, 0.15) is 17.1 Å². The fourth-order valence-corrected chi connectivity index (χ4v) is 6.43. The number of rotatable bonds is 9. The number of methoxy groups -OCH3 is 1. The van der Waals surface area contributed by atoms with Crippen LogP contribution in [0.3, 0.4) is 0 Å². The van der Waals surface area contributed by atoms with Gasteiger partial charge in [-0.15, -0.1) is 26.6 Å². The fraction of sp³-hybridized carbons (Fsp3) is 0.560. The van der Waals surface area contributed by atoms with Crippen molar-refractivity contribution >= 4 is 39.9 Å². The first-order valence-corrected chi connectivity index (χ1v) is 13.8. The molecule has 6 rings (SSSR count). The molecule has 0 aromatic carbocycles. The highest BCUT2D eigenvalue weighted by atomic mass is 32.1. The molecule has 2 amide bonds. The molecule has 2 saturated carbocycles. The Morgan fingerprint density at radius 1 is 1.33 bits per heavy atom. The van der Waals surface area contributed by atoms with E-state index < -0.39 is 17.7 Å². The summed E-state index contributed by atoms with van der Waals surface area (Å²) in [6, 6.07) is 1.68. The van der Waals surface area contributed by atoms with Crippen molar-refractivity contribution in [3.8, 4) is 5.88 Å². The molecular formula is C25H30F2N8O3S. The topological polar surface area (TPSA) is 128 Å². The van der Waals surface area contributed by atoms with Gasteiger partial charge in [0, 0.05) is 48.8 Å². The van der Waals surface area contributed by atoms with Gasteiger partial charge in [0.2, 0.25) is 17.7 Å². The molecule has 0 radical (unpaired) electrons. The summed E-state index contributed by atoms with van der Waals surface area (Å²) in [5.41, 5.74) is 1.21. The largest absolute Gasteiger partial charge is 0.480 e. The van der Waals surface area contributed by atoms with E-state index in [-0.39, 0.29) is 30.8 Å². The molecule has 3 aromatic rings. The Hall–Kier alpha value is -3.55. The summed E-state index contributed by atoms with van der Waals surface area (Å²) in [4.78, 5) is 27.2. The van der Waals surface area contributed by atoms with Gasteiger partial charge in [-0.05, 0) is 37.2 Å². The van der Waals surface area contributed by atoms with Crippen LogP contribution >= 0.6 is 11.3 Å². The third-order valence-corrected chi connectivity index (χ3v) is 9.09. The average Bonchev–Trinajstić information content (AvgIpc) is 3.52. The van der Waals surface area contributed by atoms with Crippen molar-refractivity contribution in [1.29, 1.82) is 0 Å². The zero-order chi connectivity index (χ0) is 27.5. The van der Waals surface area contributed by atoms with Crippen LogP contribution in [-0.2, 0) is 24.7 Å². The molecular weight excluding hydrogens is 530 g/mol. The maximum atomic E-state index is 13.5. The Kier molecular flexibility index (Phi) is 6.31. The Labute approximate surface area is 227 Å². The van der Waals surface area contributed by atoms with Crippen LogP contribution in [0.5, 0.6) is 5.88 Å². The maximum absolute atomic E-state index is 13.5. The van der Waals surface area contributed by atoms with Gasteiger partial charge in [-0.2, -0.15) is 0 Å². The van der Waals surface area contributed by atoms with E-state index in [0.29, 0.717) is 47.0 Å². The van der Waals surface area contributed by atoms with Crippen LogP contribution < -0.4 is 20.7 Å². The molecule has 3 N–H and O–H groups in total. The molecule has 0 saturated heterocycles. The van der Waals surface area contributed by atoms with Crippen molar-refractivity contribution in [1.82, 2.24) is 29.9 Å². The molecule has 3 aliphatic rings. The molecule has 11 nitrogen and oxygen atoms in total. The summed E-state index contributed by atoms with van der Waals surface area (Å²) in [7, 11) is 3.32. The lowest BCUT2D eigenvalue weighted by Gasteiger charge is -2.25. The first-order chi connectivity index (χ1) is 18.6. The van der Waals surface area contributed by atoms with Crippen LogP contribution in [0.2, 0.25) is 0 Å². The molecule has 39 heavy (non-hydrogen) atoms. The van der Waals surface area contributed by atoms with Gasteiger partial charge in [-0.25, -0.2) is 13.5 Å². The van der Waals surface area contributed by atoms with E-state index in [1.165, 1.54) is 11.3 Å². The van der Waals surface area contributed by atoms with E-state index >= 15 is 0 Å². The van der Waals surface area contributed by atoms with Gasteiger partial charge in [0.25, 0.3) is 11.8 Å². The number of nitrogens with one attached hydrogen (secondary N) is 3. The summed E-state index contributed by atoms with van der Waals surface area (Å²) in [6.45, 7) is 1.92. The number of fused-ring (bicyclic) bond motifs is 1. The first kappa shape index (κ1) is 25.7. The summed E-state index contributed by atoms with van der Waals surface area (Å²) in [6.07, 6.45) is 4.22. The van der Waals surface area contributed by atoms with Gasteiger partial charge in [-0.3, -0.25) is 14.2 Å². The van der Waals surface area contributed by atoms with Crippen LogP contribution in [0.4, 0.5) is 25.5 Å². The molecule has 14 heteroatoms. The Morgan fingerprint density at radius 3 is 2.77 bits per heavy atom. The minimum Gasteiger partial charge on any atom is -0.480 e. The number of halogens is 2. The number of hydrogen-bond donors (Lipinski definition) is 3. The standard InChI is InChI=1S/C25H30F2N8O3S/c1-12-6-15(12)21(36)31-23-20(22(37)28-10-13-9-25(13,26)27)16-7-14(4-5-17(16)39-23)35-11-29-32-24(35)30-18-8-19(38-3)33-34(18)2/h8,11-15H,4-7,9-10H2,1-3H3,(H,28,37)(H,30,32)(H,31,36)/t12-,13-,14-,15-/m0/s1. The normalized spacial score (nSPS) is 24.5. The van der Waals surface area contributed by atoms with Crippen molar-refractivity contribution in [3.05, 3.63) is 28.4 Å². The second-order valence-electron chi connectivity index (χ2n) is 10.7. The highest BCUT2D eigenvalue weighted by Gasteiger charge is 2.56. The highest BCUT2D eigenvalue weighted by Crippen LogP contribution is 2.48. The third-order valence-electron chi connectivity index (χ3n) is 7.88. The molecule has 0 aliphatic heterocycles. The lowest BCUT2D eigenvalue weighted by Crippen LogP contribution is -2.29. The van der Waals surface area contributed by atoms with E-state index in [4.69, 9.17) is 4.74 Å². The number of alkyl halides is 2. The molecule has 0 unspecified atom stereocenters. The zero-order valence-electron chi connectivity index (χ0n) is 21.8. The predicted octanol–water partition coefficient (Wildman–Crippen LogP) is 3.53. The van der Waals surface area contributed by atoms with Crippen molar-refractivity contribution in [2.24, 2.45) is 24.8 Å². The lowest BCUT2D eigenvalue weighted by molar-refractivity contribution is -0.117. The predicted molar refractivity (Wildman–Crippen MR) is 140 cm³/mol. The van der Waals surface area contributed by atoms with E-state index in [9.17, 15) is 18.4 Å². The van der Waals surface area contributed by atoms with Crippen molar-refractivity contribution in [2.45, 2.75) is 51.0 Å². The molecule has 0 bridgehead atoms. The number of aryl methyl sites for hydroxylation is 2. The Morgan fingerprint density at radius 2 is 2.10 bits per heavy atom. The van der Waals surface area contributed by atoms with Crippen LogP contribution in [0, 0.1) is 17.8 Å². The molecule has 3 aromatic heterocycles. The second kappa shape index (κ2) is 9.57. The van der Waals surface area contributed by atoms with Gasteiger partial charge in [0.05, 0.1) is 12.7 Å². The van der Waals surface area contributed by atoms with Crippen molar-refractivity contribution in [2.75, 3.05) is 24.3 Å². The van der Waals surface area contributed by atoms with Gasteiger partial charge >= 0.3 is 0 Å². The lowest BCUT2D eigenvalue weighted by atomic mass is 9.91. The van der Waals surface area contributed by atoms with Crippen molar-refractivity contribution in [3.63, 3.8) is 0 Å². The Bertz CT molecular complexity index is 1430. The number of hydrogen-bond acceptors (Lipinski definition) is 8. The minimum atomic E-state index is -2.72. The minimum absolute atomic E-state index is 0.0609.